The van der Waals surface area contributed by atoms with Crippen molar-refractivity contribution in [2.75, 3.05) is 28.2 Å². The van der Waals surface area contributed by atoms with Crippen molar-refractivity contribution in [3.8, 4) is 0 Å². The fraction of sp³-hybridized carbons (Fsp3) is 0.500. The van der Waals surface area contributed by atoms with Crippen LogP contribution in [0.25, 0.3) is 0 Å². The number of hydrogen-bond acceptors (Lipinski definition) is 2. The molecule has 68 valence electrons. The lowest BCUT2D eigenvalue weighted by Crippen LogP contribution is -2.20. The van der Waals surface area contributed by atoms with E-state index in [0.29, 0.717) is 0 Å². The average Bonchev–Trinajstić information content (AvgIpc) is 2.37. The van der Waals surface area contributed by atoms with Crippen molar-refractivity contribution in [2.24, 2.45) is 0 Å². The molecule has 12 heavy (non-hydrogen) atoms. The first-order chi connectivity index (χ1) is 5.63. The number of aromatic nitrogens is 1. The third-order valence-corrected chi connectivity index (χ3v) is 3.62. The molecule has 0 spiro atoms. The van der Waals surface area contributed by atoms with Crippen molar-refractivity contribution >= 4 is 8.37 Å². The summed E-state index contributed by atoms with van der Waals surface area (Å²) in [6.45, 7) is 0. The predicted molar refractivity (Wildman–Crippen MR) is 54.1 cm³/mol. The summed E-state index contributed by atoms with van der Waals surface area (Å²) in [6.07, 6.45) is 4.21. The molecule has 0 fully saturated rings. The Morgan fingerprint density at radius 2 is 1.33 bits per heavy atom. The van der Waals surface area contributed by atoms with E-state index in [-0.39, 0.29) is 8.37 Å². The zero-order valence-electron chi connectivity index (χ0n) is 8.10. The van der Waals surface area contributed by atoms with Crippen molar-refractivity contribution in [2.45, 2.75) is 0 Å². The molecule has 0 bridgehead atoms. The zero-order valence-corrected chi connectivity index (χ0v) is 8.99. The number of rotatable bonds is 3. The van der Waals surface area contributed by atoms with E-state index in [2.05, 4.69) is 66.4 Å². The summed E-state index contributed by atoms with van der Waals surface area (Å²) in [6, 6.07) is 4.12. The van der Waals surface area contributed by atoms with E-state index >= 15 is 0 Å². The van der Waals surface area contributed by atoms with Gasteiger partial charge in [-0.15, -0.1) is 0 Å². The van der Waals surface area contributed by atoms with Gasteiger partial charge in [0.1, 0.15) is 0 Å². The van der Waals surface area contributed by atoms with Crippen LogP contribution in [0.15, 0.2) is 24.5 Å². The Balaban J connectivity index is 2.81. The highest BCUT2D eigenvalue weighted by Crippen LogP contribution is 2.40. The molecule has 0 unspecified atom stereocenters. The normalized spacial score (nSPS) is 11.9. The Hall–Kier alpha value is -0.370. The third kappa shape index (κ3) is 2.07. The SMILES string of the molecule is CN(C)P(N(C)C)n1cccc1. The predicted octanol–water partition coefficient (Wildman–Crippen LogP) is 1.69. The number of hydrogen-bond donors (Lipinski definition) is 0. The molecule has 0 atom stereocenters. The molecule has 1 heterocycles. The minimum Gasteiger partial charge on any atom is -0.308 e. The summed E-state index contributed by atoms with van der Waals surface area (Å²) in [5, 5.41) is 0. The van der Waals surface area contributed by atoms with E-state index < -0.39 is 0 Å². The summed E-state index contributed by atoms with van der Waals surface area (Å²) in [5.41, 5.74) is 0. The maximum Gasteiger partial charge on any atom is 0.152 e. The van der Waals surface area contributed by atoms with Gasteiger partial charge in [0, 0.05) is 12.4 Å². The molecule has 0 saturated carbocycles. The second kappa shape index (κ2) is 4.04. The van der Waals surface area contributed by atoms with Crippen LogP contribution in [0.1, 0.15) is 0 Å². The molecule has 0 N–H and O–H groups in total. The Morgan fingerprint density at radius 1 is 0.917 bits per heavy atom. The average molecular weight is 185 g/mol. The van der Waals surface area contributed by atoms with Crippen LogP contribution in [0.4, 0.5) is 0 Å². The van der Waals surface area contributed by atoms with Gasteiger partial charge in [-0.05, 0) is 40.3 Å². The van der Waals surface area contributed by atoms with E-state index in [9.17, 15) is 0 Å². The molecular weight excluding hydrogens is 169 g/mol. The van der Waals surface area contributed by atoms with Crippen LogP contribution < -0.4 is 0 Å². The lowest BCUT2D eigenvalue weighted by atomic mass is 10.7. The van der Waals surface area contributed by atoms with Gasteiger partial charge in [0.25, 0.3) is 0 Å². The Kier molecular flexibility index (Phi) is 3.27. The summed E-state index contributed by atoms with van der Waals surface area (Å²) < 4.78 is 6.69. The first-order valence-electron chi connectivity index (χ1n) is 3.91. The molecule has 1 rings (SSSR count). The zero-order chi connectivity index (χ0) is 9.14. The Morgan fingerprint density at radius 3 is 1.67 bits per heavy atom. The summed E-state index contributed by atoms with van der Waals surface area (Å²) in [7, 11) is 8.06. The van der Waals surface area contributed by atoms with Crippen LogP contribution >= 0.6 is 8.37 Å². The molecule has 0 radical (unpaired) electrons. The van der Waals surface area contributed by atoms with E-state index in [1.807, 2.05) is 0 Å². The Bertz CT molecular complexity index is 210. The second-order valence-electron chi connectivity index (χ2n) is 3.03. The van der Waals surface area contributed by atoms with Crippen LogP contribution in [-0.2, 0) is 0 Å². The molecule has 0 amide bonds. The van der Waals surface area contributed by atoms with Crippen molar-refractivity contribution in [1.82, 2.24) is 13.7 Å². The minimum atomic E-state index is -0.353. The van der Waals surface area contributed by atoms with Crippen molar-refractivity contribution in [1.29, 1.82) is 0 Å². The summed E-state index contributed by atoms with van der Waals surface area (Å²) in [4.78, 5) is 0. The molecule has 1 aromatic heterocycles. The molecular formula is C8H16N3P. The van der Waals surface area contributed by atoms with Gasteiger partial charge in [0.2, 0.25) is 0 Å². The van der Waals surface area contributed by atoms with Gasteiger partial charge < -0.3 is 4.34 Å². The quantitative estimate of drug-likeness (QED) is 0.664. The minimum absolute atomic E-state index is 0.353. The fourth-order valence-electron chi connectivity index (χ4n) is 1.22. The van der Waals surface area contributed by atoms with E-state index in [0.717, 1.165) is 0 Å². The highest BCUT2D eigenvalue weighted by Gasteiger charge is 2.14. The van der Waals surface area contributed by atoms with Crippen molar-refractivity contribution in [3.63, 3.8) is 0 Å². The molecule has 0 aromatic carbocycles. The van der Waals surface area contributed by atoms with Gasteiger partial charge in [-0.3, -0.25) is 9.34 Å². The fourth-order valence-corrected chi connectivity index (χ4v) is 3.15. The highest BCUT2D eigenvalue weighted by atomic mass is 31.2. The van der Waals surface area contributed by atoms with Gasteiger partial charge in [-0.2, -0.15) is 0 Å². The molecule has 0 aliphatic rings. The topological polar surface area (TPSA) is 11.4 Å². The molecule has 1 aromatic rings. The lowest BCUT2D eigenvalue weighted by molar-refractivity contribution is 0.562. The maximum absolute atomic E-state index is 2.23. The van der Waals surface area contributed by atoms with Gasteiger partial charge >= 0.3 is 0 Å². The van der Waals surface area contributed by atoms with Crippen LogP contribution in [0, 0.1) is 0 Å². The van der Waals surface area contributed by atoms with Crippen LogP contribution in [0.5, 0.6) is 0 Å². The lowest BCUT2D eigenvalue weighted by Gasteiger charge is -2.30. The van der Waals surface area contributed by atoms with Crippen LogP contribution in [0.3, 0.4) is 0 Å². The van der Waals surface area contributed by atoms with Gasteiger partial charge in [-0.1, -0.05) is 0 Å². The van der Waals surface area contributed by atoms with Gasteiger partial charge in [0.15, 0.2) is 8.37 Å². The van der Waals surface area contributed by atoms with E-state index in [1.165, 1.54) is 0 Å². The summed E-state index contributed by atoms with van der Waals surface area (Å²) >= 11 is 0. The summed E-state index contributed by atoms with van der Waals surface area (Å²) in [5.74, 6) is 0. The Labute approximate surface area is 75.5 Å². The molecule has 4 heteroatoms. The third-order valence-electron chi connectivity index (χ3n) is 1.51. The van der Waals surface area contributed by atoms with Crippen molar-refractivity contribution in [3.05, 3.63) is 24.5 Å². The van der Waals surface area contributed by atoms with Crippen LogP contribution in [-0.4, -0.2) is 41.9 Å². The molecule has 0 aliphatic carbocycles. The van der Waals surface area contributed by atoms with Gasteiger partial charge in [-0.25, -0.2) is 0 Å². The van der Waals surface area contributed by atoms with E-state index in [4.69, 9.17) is 0 Å². The standard InChI is InChI=1S/C8H16N3P/c1-9(2)12(10(3)4)11-7-5-6-8-11/h5-8H,1-4H3. The molecule has 0 saturated heterocycles. The van der Waals surface area contributed by atoms with E-state index in [1.54, 1.807) is 0 Å². The maximum atomic E-state index is 2.23. The van der Waals surface area contributed by atoms with Crippen LogP contribution in [0.2, 0.25) is 0 Å². The smallest absolute Gasteiger partial charge is 0.152 e. The first kappa shape index (κ1) is 9.72. The molecule has 3 nitrogen and oxygen atoms in total. The number of nitrogens with zero attached hydrogens (tertiary/aromatic N) is 3. The van der Waals surface area contributed by atoms with Crippen molar-refractivity contribution < 1.29 is 0 Å². The van der Waals surface area contributed by atoms with Gasteiger partial charge in [0.05, 0.1) is 0 Å². The monoisotopic (exact) mass is 185 g/mol. The highest BCUT2D eigenvalue weighted by molar-refractivity contribution is 7.50. The first-order valence-corrected chi connectivity index (χ1v) is 5.11. The second-order valence-corrected chi connectivity index (χ2v) is 5.62. The largest absolute Gasteiger partial charge is 0.308 e. The molecule has 0 aliphatic heterocycles.